The van der Waals surface area contributed by atoms with Crippen molar-refractivity contribution in [3.63, 3.8) is 0 Å². The molecule has 1 aliphatic rings. The Hall–Kier alpha value is -0.260. The van der Waals surface area contributed by atoms with Gasteiger partial charge in [0.25, 0.3) is 0 Å². The van der Waals surface area contributed by atoms with E-state index in [1.807, 2.05) is 32.5 Å². The molecule has 0 bridgehead atoms. The van der Waals surface area contributed by atoms with E-state index in [0.29, 0.717) is 17.8 Å². The Morgan fingerprint density at radius 3 is 2.89 bits per heavy atom. The van der Waals surface area contributed by atoms with Gasteiger partial charge in [-0.15, -0.1) is 0 Å². The third kappa shape index (κ3) is 4.65. The van der Waals surface area contributed by atoms with Gasteiger partial charge in [0.15, 0.2) is 0 Å². The highest BCUT2D eigenvalue weighted by Gasteiger charge is 2.45. The maximum atomic E-state index is 12.2. The van der Waals surface area contributed by atoms with Gasteiger partial charge in [0.2, 0.25) is 0 Å². The summed E-state index contributed by atoms with van der Waals surface area (Å²) in [5, 5.41) is 12.9. The van der Waals surface area contributed by atoms with Gasteiger partial charge in [-0.05, 0) is 44.4 Å². The zero-order valence-electron chi connectivity index (χ0n) is 12.3. The van der Waals surface area contributed by atoms with Crippen LogP contribution < -0.4 is 5.32 Å². The molecule has 1 fully saturated rings. The summed E-state index contributed by atoms with van der Waals surface area (Å²) in [7, 11) is 0. The van der Waals surface area contributed by atoms with Gasteiger partial charge in [-0.1, -0.05) is 13.8 Å². The number of nitrogens with one attached hydrogen (secondary N) is 1. The van der Waals surface area contributed by atoms with Gasteiger partial charge in [-0.25, -0.2) is 0 Å². The fourth-order valence-electron chi connectivity index (χ4n) is 2.52. The van der Waals surface area contributed by atoms with Crippen LogP contribution in [0.4, 0.5) is 0 Å². The van der Waals surface area contributed by atoms with Gasteiger partial charge in [-0.2, -0.15) is 11.8 Å². The number of carbonyl (C=O) groups excluding carboxylic acids is 1. The van der Waals surface area contributed by atoms with Crippen molar-refractivity contribution in [2.24, 2.45) is 5.92 Å². The Labute approximate surface area is 120 Å². The van der Waals surface area contributed by atoms with Crippen LogP contribution in [0.15, 0.2) is 0 Å². The molecule has 112 valence electrons. The summed E-state index contributed by atoms with van der Waals surface area (Å²) >= 11 is 1.87. The van der Waals surface area contributed by atoms with E-state index in [1.54, 1.807) is 0 Å². The molecule has 0 radical (unpaired) electrons. The Morgan fingerprint density at radius 2 is 2.32 bits per heavy atom. The van der Waals surface area contributed by atoms with Crippen LogP contribution in [0.2, 0.25) is 0 Å². The number of hydrogen-bond donors (Lipinski definition) is 2. The minimum Gasteiger partial charge on any atom is -0.465 e. The molecule has 19 heavy (non-hydrogen) atoms. The van der Waals surface area contributed by atoms with Crippen molar-refractivity contribution in [3.05, 3.63) is 0 Å². The van der Waals surface area contributed by atoms with E-state index in [1.165, 1.54) is 0 Å². The second-order valence-electron chi connectivity index (χ2n) is 5.32. The van der Waals surface area contributed by atoms with Crippen molar-refractivity contribution in [2.75, 3.05) is 25.5 Å². The first kappa shape index (κ1) is 16.8. The average molecular weight is 289 g/mol. The number of hydrogen-bond acceptors (Lipinski definition) is 5. The van der Waals surface area contributed by atoms with Crippen molar-refractivity contribution >= 4 is 17.7 Å². The number of aliphatic hydroxyl groups excluding tert-OH is 1. The minimum absolute atomic E-state index is 0.102. The molecule has 0 amide bonds. The summed E-state index contributed by atoms with van der Waals surface area (Å²) in [5.74, 6) is 1.17. The lowest BCUT2D eigenvalue weighted by molar-refractivity contribution is -0.151. The first-order valence-corrected chi connectivity index (χ1v) is 8.27. The number of esters is 1. The fourth-order valence-corrected chi connectivity index (χ4v) is 3.91. The third-order valence-electron chi connectivity index (χ3n) is 3.58. The zero-order chi connectivity index (χ0) is 14.3. The number of carbonyl (C=O) groups is 1. The number of ether oxygens (including phenoxy) is 1. The lowest BCUT2D eigenvalue weighted by Gasteiger charge is -2.27. The molecule has 1 saturated carbocycles. The number of likely N-dealkylation sites (N-methyl/N-ethyl adjacent to an activating group) is 1. The van der Waals surface area contributed by atoms with Gasteiger partial charge in [0.05, 0.1) is 6.61 Å². The van der Waals surface area contributed by atoms with Crippen LogP contribution in [0.1, 0.15) is 40.0 Å². The SMILES string of the molecule is CCNC1(C(=O)OCC)CCC(SCC(C)CO)C1. The second kappa shape index (κ2) is 8.12. The lowest BCUT2D eigenvalue weighted by Crippen LogP contribution is -2.51. The van der Waals surface area contributed by atoms with E-state index in [0.717, 1.165) is 31.6 Å². The summed E-state index contributed by atoms with van der Waals surface area (Å²) < 4.78 is 5.23. The summed E-state index contributed by atoms with van der Waals surface area (Å²) in [6.45, 7) is 7.37. The first-order chi connectivity index (χ1) is 9.07. The molecule has 2 N–H and O–H groups in total. The standard InChI is InChI=1S/C14H27NO3S/c1-4-15-14(13(17)18-5-2)7-6-12(8-14)19-10-11(3)9-16/h11-12,15-16H,4-10H2,1-3H3. The van der Waals surface area contributed by atoms with Crippen molar-refractivity contribution in [2.45, 2.75) is 50.8 Å². The zero-order valence-corrected chi connectivity index (χ0v) is 13.1. The van der Waals surface area contributed by atoms with Crippen molar-refractivity contribution in [1.82, 2.24) is 5.32 Å². The summed E-state index contributed by atoms with van der Waals surface area (Å²) in [4.78, 5) is 12.2. The topological polar surface area (TPSA) is 58.6 Å². The van der Waals surface area contributed by atoms with Crippen molar-refractivity contribution < 1.29 is 14.6 Å². The molecule has 0 spiro atoms. The molecule has 3 atom stereocenters. The second-order valence-corrected chi connectivity index (χ2v) is 6.65. The van der Waals surface area contributed by atoms with E-state index in [-0.39, 0.29) is 12.6 Å². The highest BCUT2D eigenvalue weighted by Crippen LogP contribution is 2.38. The van der Waals surface area contributed by atoms with Gasteiger partial charge < -0.3 is 15.2 Å². The van der Waals surface area contributed by atoms with Gasteiger partial charge >= 0.3 is 5.97 Å². The highest BCUT2D eigenvalue weighted by molar-refractivity contribution is 7.99. The molecule has 1 aliphatic carbocycles. The van der Waals surface area contributed by atoms with Crippen LogP contribution in [0, 0.1) is 5.92 Å². The van der Waals surface area contributed by atoms with Gasteiger partial charge in [0, 0.05) is 11.9 Å². The maximum Gasteiger partial charge on any atom is 0.326 e. The molecule has 1 rings (SSSR count). The Kier molecular flexibility index (Phi) is 7.18. The third-order valence-corrected chi connectivity index (χ3v) is 5.21. The largest absolute Gasteiger partial charge is 0.465 e. The average Bonchev–Trinajstić information content (AvgIpc) is 2.81. The molecule has 0 aliphatic heterocycles. The van der Waals surface area contributed by atoms with E-state index in [9.17, 15) is 4.79 Å². The normalized spacial score (nSPS) is 28.3. The van der Waals surface area contributed by atoms with E-state index >= 15 is 0 Å². The maximum absolute atomic E-state index is 12.2. The van der Waals surface area contributed by atoms with Crippen LogP contribution in [0.25, 0.3) is 0 Å². The quantitative estimate of drug-likeness (QED) is 0.667. The Balaban J connectivity index is 2.54. The molecule has 0 aromatic rings. The summed E-state index contributed by atoms with van der Waals surface area (Å²) in [6, 6.07) is 0. The Morgan fingerprint density at radius 1 is 1.58 bits per heavy atom. The highest BCUT2D eigenvalue weighted by atomic mass is 32.2. The first-order valence-electron chi connectivity index (χ1n) is 7.22. The number of aliphatic hydroxyl groups is 1. The predicted molar refractivity (Wildman–Crippen MR) is 79.4 cm³/mol. The molecule has 0 aromatic heterocycles. The fraction of sp³-hybridized carbons (Fsp3) is 0.929. The van der Waals surface area contributed by atoms with Crippen LogP contribution in [-0.2, 0) is 9.53 Å². The van der Waals surface area contributed by atoms with E-state index in [2.05, 4.69) is 5.32 Å². The molecule has 5 heteroatoms. The molecular weight excluding hydrogens is 262 g/mol. The molecule has 4 nitrogen and oxygen atoms in total. The van der Waals surface area contributed by atoms with Gasteiger partial charge in [-0.3, -0.25) is 4.79 Å². The molecule has 0 saturated heterocycles. The molecular formula is C14H27NO3S. The minimum atomic E-state index is -0.481. The number of thioether (sulfide) groups is 1. The number of rotatable bonds is 8. The van der Waals surface area contributed by atoms with E-state index < -0.39 is 5.54 Å². The molecule has 3 unspecified atom stereocenters. The molecule has 0 aromatic carbocycles. The van der Waals surface area contributed by atoms with Crippen LogP contribution in [0.3, 0.4) is 0 Å². The summed E-state index contributed by atoms with van der Waals surface area (Å²) in [6.07, 6.45) is 2.72. The van der Waals surface area contributed by atoms with Crippen LogP contribution in [-0.4, -0.2) is 47.4 Å². The van der Waals surface area contributed by atoms with Gasteiger partial charge in [0.1, 0.15) is 5.54 Å². The van der Waals surface area contributed by atoms with Crippen molar-refractivity contribution in [3.8, 4) is 0 Å². The van der Waals surface area contributed by atoms with Crippen LogP contribution in [0.5, 0.6) is 0 Å². The van der Waals surface area contributed by atoms with Crippen molar-refractivity contribution in [1.29, 1.82) is 0 Å². The smallest absolute Gasteiger partial charge is 0.326 e. The predicted octanol–water partition coefficient (Wildman–Crippen LogP) is 1.81. The summed E-state index contributed by atoms with van der Waals surface area (Å²) in [5.41, 5.74) is -0.481. The monoisotopic (exact) mass is 289 g/mol. The molecule has 0 heterocycles. The van der Waals surface area contributed by atoms with E-state index in [4.69, 9.17) is 9.84 Å². The lowest BCUT2D eigenvalue weighted by atomic mass is 9.98. The van der Waals surface area contributed by atoms with Crippen LogP contribution >= 0.6 is 11.8 Å². The Bertz CT molecular complexity index is 288.